The number of ether oxygens (including phenoxy) is 2. The Morgan fingerprint density at radius 2 is 1.75 bits per heavy atom. The summed E-state index contributed by atoms with van der Waals surface area (Å²) in [5.41, 5.74) is -1.36. The van der Waals surface area contributed by atoms with Crippen LogP contribution in [0.15, 0.2) is 36.9 Å². The molecule has 0 saturated heterocycles. The number of amides is 1. The first kappa shape index (κ1) is 17.7. The molecule has 0 fully saturated rings. The minimum Gasteiger partial charge on any atom is -0.468 e. The van der Waals surface area contributed by atoms with Crippen LogP contribution in [-0.2, 0) is 29.3 Å². The Balaban J connectivity index is 2.88. The van der Waals surface area contributed by atoms with Gasteiger partial charge in [0.2, 0.25) is 5.91 Å². The highest BCUT2D eigenvalue weighted by atomic mass is 16.5. The quantitative estimate of drug-likeness (QED) is 0.507. The van der Waals surface area contributed by atoms with Crippen molar-refractivity contribution in [2.45, 2.75) is 19.3 Å². The Hall–Kier alpha value is -2.63. The van der Waals surface area contributed by atoms with E-state index in [1.165, 1.54) is 14.2 Å². The predicted octanol–water partition coefficient (Wildman–Crippen LogP) is 2.05. The number of methoxy groups -OCH3 is 2. The lowest BCUT2D eigenvalue weighted by atomic mass is 9.56. The van der Waals surface area contributed by atoms with Gasteiger partial charge in [-0.05, 0) is 11.6 Å². The van der Waals surface area contributed by atoms with Crippen molar-refractivity contribution in [2.75, 3.05) is 19.5 Å². The molecule has 1 heterocycles. The summed E-state index contributed by atoms with van der Waals surface area (Å²) in [4.78, 5) is 38.0. The van der Waals surface area contributed by atoms with Crippen molar-refractivity contribution in [1.82, 2.24) is 0 Å². The average Bonchev–Trinajstić information content (AvgIpc) is 2.88. The van der Waals surface area contributed by atoms with Gasteiger partial charge in [-0.1, -0.05) is 38.1 Å². The lowest BCUT2D eigenvalue weighted by molar-refractivity contribution is -0.167. The molecule has 1 aromatic rings. The van der Waals surface area contributed by atoms with Gasteiger partial charge in [0, 0.05) is 11.1 Å². The molecule has 0 bridgehead atoms. The summed E-state index contributed by atoms with van der Waals surface area (Å²) in [5, 5.41) is 2.76. The number of carbonyl (C=O) groups is 3. The molecule has 6 nitrogen and oxygen atoms in total. The van der Waals surface area contributed by atoms with E-state index in [0.29, 0.717) is 11.3 Å². The van der Waals surface area contributed by atoms with E-state index in [0.717, 1.165) is 0 Å². The molecule has 0 saturated carbocycles. The van der Waals surface area contributed by atoms with Gasteiger partial charge in [0.1, 0.15) is 5.41 Å². The summed E-state index contributed by atoms with van der Waals surface area (Å²) < 4.78 is 9.64. The zero-order valence-electron chi connectivity index (χ0n) is 14.2. The van der Waals surface area contributed by atoms with Crippen molar-refractivity contribution in [3.63, 3.8) is 0 Å². The monoisotopic (exact) mass is 331 g/mol. The van der Waals surface area contributed by atoms with Crippen molar-refractivity contribution in [3.05, 3.63) is 42.5 Å². The van der Waals surface area contributed by atoms with E-state index in [4.69, 9.17) is 9.47 Å². The zero-order chi connectivity index (χ0) is 18.1. The SMILES string of the molecule is C=CC(C)(C)[C@@]1(C(C(=O)OC)C(=O)OC)C(=O)Nc2ccccc21. The van der Waals surface area contributed by atoms with E-state index in [2.05, 4.69) is 11.9 Å². The molecule has 0 unspecified atom stereocenters. The second-order valence-corrected chi connectivity index (χ2v) is 6.21. The van der Waals surface area contributed by atoms with Crippen molar-refractivity contribution < 1.29 is 23.9 Å². The molecule has 1 aromatic carbocycles. The molecule has 1 atom stereocenters. The maximum absolute atomic E-state index is 13.1. The number of esters is 2. The summed E-state index contributed by atoms with van der Waals surface area (Å²) in [7, 11) is 2.34. The second-order valence-electron chi connectivity index (χ2n) is 6.21. The van der Waals surface area contributed by atoms with E-state index < -0.39 is 34.6 Å². The highest BCUT2D eigenvalue weighted by molar-refractivity contribution is 6.14. The number of para-hydroxylation sites is 1. The number of rotatable bonds is 5. The molecule has 0 aliphatic carbocycles. The van der Waals surface area contributed by atoms with Crippen LogP contribution in [0, 0.1) is 11.3 Å². The van der Waals surface area contributed by atoms with Gasteiger partial charge in [-0.25, -0.2) is 0 Å². The van der Waals surface area contributed by atoms with E-state index >= 15 is 0 Å². The molecule has 128 valence electrons. The standard InChI is InChI=1S/C18H21NO5/c1-6-17(2,3)18(13(14(20)23-4)15(21)24-5)11-9-7-8-10-12(11)19-16(18)22/h6-10,13H,1H2,2-5H3,(H,19,22)/t18-/m0/s1. The van der Waals surface area contributed by atoms with Gasteiger partial charge >= 0.3 is 11.9 Å². The van der Waals surface area contributed by atoms with Crippen molar-refractivity contribution in [3.8, 4) is 0 Å². The Bertz CT molecular complexity index is 693. The van der Waals surface area contributed by atoms with Crippen LogP contribution < -0.4 is 5.32 Å². The number of nitrogens with one attached hydrogen (secondary N) is 1. The third kappa shape index (κ3) is 2.21. The van der Waals surface area contributed by atoms with Crippen LogP contribution in [0.2, 0.25) is 0 Å². The molecule has 2 rings (SSSR count). The van der Waals surface area contributed by atoms with Crippen molar-refractivity contribution in [1.29, 1.82) is 0 Å². The van der Waals surface area contributed by atoms with Gasteiger partial charge in [-0.15, -0.1) is 6.58 Å². The molecule has 1 aliphatic rings. The minimum atomic E-state index is -1.52. The summed E-state index contributed by atoms with van der Waals surface area (Å²) in [5.74, 6) is -3.58. The molecule has 0 spiro atoms. The minimum absolute atomic E-state index is 0.464. The fraction of sp³-hybridized carbons (Fsp3) is 0.389. The Kier molecular flexibility index (Phi) is 4.51. The van der Waals surface area contributed by atoms with Gasteiger partial charge < -0.3 is 14.8 Å². The molecule has 0 aromatic heterocycles. The Morgan fingerprint density at radius 1 is 1.21 bits per heavy atom. The normalized spacial score (nSPS) is 19.5. The van der Waals surface area contributed by atoms with Crippen LogP contribution in [-0.4, -0.2) is 32.1 Å². The smallest absolute Gasteiger partial charge is 0.321 e. The number of hydrogen-bond donors (Lipinski definition) is 1. The number of allylic oxidation sites excluding steroid dienone is 1. The zero-order valence-corrected chi connectivity index (χ0v) is 14.2. The average molecular weight is 331 g/mol. The second kappa shape index (κ2) is 6.11. The van der Waals surface area contributed by atoms with E-state index in [1.54, 1.807) is 44.2 Å². The van der Waals surface area contributed by atoms with Gasteiger partial charge in [-0.3, -0.25) is 14.4 Å². The topological polar surface area (TPSA) is 81.7 Å². The Morgan fingerprint density at radius 3 is 2.25 bits per heavy atom. The van der Waals surface area contributed by atoms with Crippen molar-refractivity contribution in [2.24, 2.45) is 11.3 Å². The van der Waals surface area contributed by atoms with Crippen LogP contribution in [0.5, 0.6) is 0 Å². The first-order chi connectivity index (χ1) is 11.3. The van der Waals surface area contributed by atoms with E-state index in [-0.39, 0.29) is 0 Å². The largest absolute Gasteiger partial charge is 0.468 e. The lowest BCUT2D eigenvalue weighted by Gasteiger charge is -2.43. The number of hydrogen-bond acceptors (Lipinski definition) is 5. The maximum atomic E-state index is 13.1. The van der Waals surface area contributed by atoms with Crippen LogP contribution in [0.1, 0.15) is 19.4 Å². The molecule has 24 heavy (non-hydrogen) atoms. The van der Waals surface area contributed by atoms with Crippen LogP contribution in [0.4, 0.5) is 5.69 Å². The molecular formula is C18H21NO5. The Labute approximate surface area is 140 Å². The molecule has 1 N–H and O–H groups in total. The third-order valence-corrected chi connectivity index (χ3v) is 4.79. The summed E-state index contributed by atoms with van der Waals surface area (Å²) >= 11 is 0. The van der Waals surface area contributed by atoms with Gasteiger partial charge in [0.25, 0.3) is 0 Å². The molecule has 0 radical (unpaired) electrons. The first-order valence-corrected chi connectivity index (χ1v) is 7.48. The summed E-state index contributed by atoms with van der Waals surface area (Å²) in [6.07, 6.45) is 1.56. The van der Waals surface area contributed by atoms with Gasteiger partial charge in [-0.2, -0.15) is 0 Å². The van der Waals surface area contributed by atoms with Crippen LogP contribution in [0.25, 0.3) is 0 Å². The number of carbonyl (C=O) groups excluding carboxylic acids is 3. The maximum Gasteiger partial charge on any atom is 0.321 e. The van der Waals surface area contributed by atoms with E-state index in [9.17, 15) is 14.4 Å². The lowest BCUT2D eigenvalue weighted by Crippen LogP contribution is -2.57. The third-order valence-electron chi connectivity index (χ3n) is 4.79. The van der Waals surface area contributed by atoms with Crippen LogP contribution in [0.3, 0.4) is 0 Å². The number of anilines is 1. The number of fused-ring (bicyclic) bond motifs is 1. The van der Waals surface area contributed by atoms with Crippen LogP contribution >= 0.6 is 0 Å². The highest BCUT2D eigenvalue weighted by Gasteiger charge is 2.65. The summed E-state index contributed by atoms with van der Waals surface area (Å²) in [6.45, 7) is 7.30. The van der Waals surface area contributed by atoms with Gasteiger partial charge in [0.15, 0.2) is 5.92 Å². The fourth-order valence-corrected chi connectivity index (χ4v) is 3.42. The summed E-state index contributed by atoms with van der Waals surface area (Å²) in [6, 6.07) is 6.96. The van der Waals surface area contributed by atoms with Gasteiger partial charge in [0.05, 0.1) is 14.2 Å². The molecular weight excluding hydrogens is 310 g/mol. The van der Waals surface area contributed by atoms with Crippen molar-refractivity contribution >= 4 is 23.5 Å². The highest BCUT2D eigenvalue weighted by Crippen LogP contribution is 2.55. The molecule has 1 amide bonds. The fourth-order valence-electron chi connectivity index (χ4n) is 3.42. The first-order valence-electron chi connectivity index (χ1n) is 7.48. The molecule has 1 aliphatic heterocycles. The predicted molar refractivity (Wildman–Crippen MR) is 88.2 cm³/mol. The molecule has 6 heteroatoms. The van der Waals surface area contributed by atoms with E-state index in [1.807, 2.05) is 0 Å². The number of benzene rings is 1.